The lowest BCUT2D eigenvalue weighted by Gasteiger charge is -2.12. The number of hydrogen-bond donors (Lipinski definition) is 3. The van der Waals surface area contributed by atoms with E-state index in [0.29, 0.717) is 12.5 Å². The van der Waals surface area contributed by atoms with Crippen molar-refractivity contribution >= 4 is 40.0 Å². The van der Waals surface area contributed by atoms with Crippen molar-refractivity contribution < 1.29 is 8.42 Å². The van der Waals surface area contributed by atoms with Gasteiger partial charge >= 0.3 is 0 Å². The number of sulfonamides is 1. The first-order valence-electron chi connectivity index (χ1n) is 7.39. The number of aliphatic imine (C=N–C) groups is 1. The summed E-state index contributed by atoms with van der Waals surface area (Å²) in [6, 6.07) is 6.48. The van der Waals surface area contributed by atoms with Crippen molar-refractivity contribution in [2.45, 2.75) is 38.1 Å². The number of hydrogen-bond acceptors (Lipinski definition) is 3. The van der Waals surface area contributed by atoms with Gasteiger partial charge in [0.1, 0.15) is 0 Å². The molecular weight excluding hydrogens is 427 g/mol. The average Bonchev–Trinajstić information content (AvgIpc) is 2.46. The lowest BCUT2D eigenvalue weighted by molar-refractivity contribution is 0.549. The zero-order valence-corrected chi connectivity index (χ0v) is 17.0. The zero-order chi connectivity index (χ0) is 16.6. The molecule has 0 aliphatic carbocycles. The van der Waals surface area contributed by atoms with Gasteiger partial charge in [0.2, 0.25) is 10.0 Å². The second-order valence-corrected chi connectivity index (χ2v) is 7.14. The lowest BCUT2D eigenvalue weighted by atomic mass is 10.1. The maximum Gasteiger partial charge on any atom is 0.238 e. The minimum absolute atomic E-state index is 0. The van der Waals surface area contributed by atoms with Crippen LogP contribution in [0.4, 0.5) is 0 Å². The highest BCUT2D eigenvalue weighted by atomic mass is 127. The normalized spacial score (nSPS) is 12.0. The van der Waals surface area contributed by atoms with E-state index in [1.54, 1.807) is 19.2 Å². The predicted molar refractivity (Wildman–Crippen MR) is 106 cm³/mol. The van der Waals surface area contributed by atoms with Gasteiger partial charge in [0.25, 0.3) is 0 Å². The van der Waals surface area contributed by atoms with Crippen LogP contribution in [0.3, 0.4) is 0 Å². The molecule has 0 spiro atoms. The number of nitrogens with one attached hydrogen (secondary N) is 2. The van der Waals surface area contributed by atoms with Gasteiger partial charge in [-0.3, -0.25) is 4.99 Å². The Labute approximate surface area is 156 Å². The topological polar surface area (TPSA) is 96.6 Å². The summed E-state index contributed by atoms with van der Waals surface area (Å²) in [5.74, 6) is 1.44. The first-order chi connectivity index (χ1) is 10.3. The molecule has 0 aliphatic heterocycles. The van der Waals surface area contributed by atoms with Gasteiger partial charge in [-0.15, -0.1) is 24.0 Å². The summed E-state index contributed by atoms with van der Waals surface area (Å²) in [5, 5.41) is 11.5. The number of guanidine groups is 1. The Morgan fingerprint density at radius 2 is 1.83 bits per heavy atom. The van der Waals surface area contributed by atoms with Crippen LogP contribution in [0.1, 0.15) is 32.3 Å². The summed E-state index contributed by atoms with van der Waals surface area (Å²) in [6.07, 6.45) is 2.28. The van der Waals surface area contributed by atoms with Crippen molar-refractivity contribution in [3.63, 3.8) is 0 Å². The van der Waals surface area contributed by atoms with Crippen molar-refractivity contribution in [3.05, 3.63) is 29.8 Å². The molecule has 1 rings (SSSR count). The maximum absolute atomic E-state index is 11.2. The molecule has 0 bridgehead atoms. The molecular formula is C15H27IN4O2S. The lowest BCUT2D eigenvalue weighted by Crippen LogP contribution is -2.37. The second kappa shape index (κ2) is 10.8. The predicted octanol–water partition coefficient (Wildman–Crippen LogP) is 2.05. The Morgan fingerprint density at radius 1 is 1.22 bits per heavy atom. The number of nitrogens with two attached hydrogens (primary N) is 1. The summed E-state index contributed by atoms with van der Waals surface area (Å²) in [7, 11) is -1.91. The van der Waals surface area contributed by atoms with E-state index in [-0.39, 0.29) is 28.9 Å². The van der Waals surface area contributed by atoms with E-state index in [2.05, 4.69) is 29.5 Å². The molecule has 0 fully saturated rings. The summed E-state index contributed by atoms with van der Waals surface area (Å²) in [4.78, 5) is 4.27. The fourth-order valence-corrected chi connectivity index (χ4v) is 2.44. The molecule has 23 heavy (non-hydrogen) atoms. The molecule has 0 saturated heterocycles. The van der Waals surface area contributed by atoms with Crippen molar-refractivity contribution in [1.82, 2.24) is 10.6 Å². The Kier molecular flexibility index (Phi) is 10.4. The van der Waals surface area contributed by atoms with E-state index >= 15 is 0 Å². The first kappa shape index (κ1) is 22.1. The van der Waals surface area contributed by atoms with Gasteiger partial charge in [0.15, 0.2) is 5.96 Å². The van der Waals surface area contributed by atoms with E-state index < -0.39 is 10.0 Å². The maximum atomic E-state index is 11.2. The van der Waals surface area contributed by atoms with Gasteiger partial charge in [-0.25, -0.2) is 13.6 Å². The van der Waals surface area contributed by atoms with Gasteiger partial charge < -0.3 is 10.6 Å². The van der Waals surface area contributed by atoms with Gasteiger partial charge in [-0.1, -0.05) is 26.0 Å². The Balaban J connectivity index is 0.00000484. The van der Waals surface area contributed by atoms with Gasteiger partial charge in [-0.2, -0.15) is 0 Å². The number of nitrogens with zero attached hydrogens (tertiary/aromatic N) is 1. The molecule has 0 saturated carbocycles. The Morgan fingerprint density at radius 3 is 2.30 bits per heavy atom. The highest BCUT2D eigenvalue weighted by Crippen LogP contribution is 2.08. The van der Waals surface area contributed by atoms with E-state index in [4.69, 9.17) is 5.14 Å². The van der Waals surface area contributed by atoms with Crippen LogP contribution in [0.5, 0.6) is 0 Å². The van der Waals surface area contributed by atoms with Crippen molar-refractivity contribution in [2.75, 3.05) is 13.6 Å². The number of halogens is 1. The number of rotatable bonds is 7. The molecule has 132 valence electrons. The van der Waals surface area contributed by atoms with Crippen LogP contribution in [-0.4, -0.2) is 28.0 Å². The number of primary sulfonamides is 1. The van der Waals surface area contributed by atoms with Crippen LogP contribution in [0.2, 0.25) is 0 Å². The van der Waals surface area contributed by atoms with Crippen LogP contribution in [0, 0.1) is 5.92 Å². The molecule has 4 N–H and O–H groups in total. The third kappa shape index (κ3) is 9.11. The average molecular weight is 454 g/mol. The van der Waals surface area contributed by atoms with E-state index in [1.807, 2.05) is 0 Å². The van der Waals surface area contributed by atoms with Crippen LogP contribution < -0.4 is 15.8 Å². The van der Waals surface area contributed by atoms with Crippen LogP contribution in [0.25, 0.3) is 0 Å². The van der Waals surface area contributed by atoms with Crippen molar-refractivity contribution in [2.24, 2.45) is 16.0 Å². The van der Waals surface area contributed by atoms with Crippen LogP contribution in [0.15, 0.2) is 34.2 Å². The summed E-state index contributed by atoms with van der Waals surface area (Å²) < 4.78 is 22.4. The summed E-state index contributed by atoms with van der Waals surface area (Å²) >= 11 is 0. The first-order valence-corrected chi connectivity index (χ1v) is 8.94. The third-order valence-corrected chi connectivity index (χ3v) is 4.12. The van der Waals surface area contributed by atoms with Crippen molar-refractivity contribution in [1.29, 1.82) is 0 Å². The minimum Gasteiger partial charge on any atom is -0.356 e. The van der Waals surface area contributed by atoms with Crippen molar-refractivity contribution in [3.8, 4) is 0 Å². The standard InChI is InChI=1S/C15H26N4O2S.HI/c1-12(2)5-4-10-18-15(17-3)19-11-13-6-8-14(9-7-13)22(16,20)21;/h6-9,12H,4-5,10-11H2,1-3H3,(H2,16,20,21)(H2,17,18,19);1H. The Bertz CT molecular complexity index is 586. The largest absolute Gasteiger partial charge is 0.356 e. The SMILES string of the molecule is CN=C(NCCCC(C)C)NCc1ccc(S(N)(=O)=O)cc1.I. The van der Waals surface area contributed by atoms with E-state index in [1.165, 1.54) is 18.6 Å². The quantitative estimate of drug-likeness (QED) is 0.254. The zero-order valence-electron chi connectivity index (χ0n) is 13.9. The fraction of sp³-hybridized carbons (Fsp3) is 0.533. The van der Waals surface area contributed by atoms with Crippen LogP contribution in [-0.2, 0) is 16.6 Å². The highest BCUT2D eigenvalue weighted by Gasteiger charge is 2.06. The second-order valence-electron chi connectivity index (χ2n) is 5.58. The Hall–Kier alpha value is -0.870. The third-order valence-electron chi connectivity index (χ3n) is 3.19. The molecule has 1 aromatic carbocycles. The van der Waals surface area contributed by atoms with Gasteiger partial charge in [-0.05, 0) is 36.5 Å². The molecule has 6 nitrogen and oxygen atoms in total. The molecule has 8 heteroatoms. The van der Waals surface area contributed by atoms with Gasteiger partial charge in [0.05, 0.1) is 4.90 Å². The molecule has 0 radical (unpaired) electrons. The molecule has 1 aromatic rings. The molecule has 0 atom stereocenters. The number of benzene rings is 1. The minimum atomic E-state index is -3.63. The monoisotopic (exact) mass is 454 g/mol. The summed E-state index contributed by atoms with van der Waals surface area (Å²) in [5.41, 5.74) is 0.956. The van der Waals surface area contributed by atoms with Crippen LogP contribution >= 0.6 is 24.0 Å². The highest BCUT2D eigenvalue weighted by molar-refractivity contribution is 14.0. The molecule has 0 aliphatic rings. The smallest absolute Gasteiger partial charge is 0.238 e. The molecule has 0 unspecified atom stereocenters. The van der Waals surface area contributed by atoms with E-state index in [0.717, 1.165) is 24.5 Å². The fourth-order valence-electron chi connectivity index (χ4n) is 1.92. The van der Waals surface area contributed by atoms with Gasteiger partial charge in [0, 0.05) is 20.1 Å². The summed E-state index contributed by atoms with van der Waals surface area (Å²) in [6.45, 7) is 5.85. The molecule has 0 amide bonds. The molecule has 0 aromatic heterocycles. The van der Waals surface area contributed by atoms with E-state index in [9.17, 15) is 8.42 Å². The molecule has 0 heterocycles.